The SMILES string of the molecule is CCC(C)(C)c1cc(Cl)cc([C@H](CC(=O)O)CC(=O)CNC(=O)c2cc(O)cc(CC3=NCC(O)CN3)c2)c1. The van der Waals surface area contributed by atoms with Crippen molar-refractivity contribution in [3.8, 4) is 5.75 Å². The number of amides is 1. The molecule has 0 fully saturated rings. The normalized spacial score (nSPS) is 16.1. The highest BCUT2D eigenvalue weighted by atomic mass is 35.5. The Kier molecular flexibility index (Phi) is 10.1. The highest BCUT2D eigenvalue weighted by Crippen LogP contribution is 2.34. The van der Waals surface area contributed by atoms with E-state index in [0.717, 1.165) is 12.0 Å². The number of carboxylic acid groups (broad SMARTS) is 1. The standard InChI is InChI=1S/C29H36ClN3O6/c1-4-29(2,3)21-8-18(9-22(30)13-21)19(12-27(37)38)10-24(35)14-33-28(39)20-5-17(6-23(34)11-20)7-26-31-15-25(36)16-32-26/h5-6,8-9,11,13,19,25,34,36H,4,7,10,12,14-16H2,1-3H3,(H,31,32)(H,33,39)(H,37,38)/t19-/m0/s1. The van der Waals surface area contributed by atoms with E-state index in [0.29, 0.717) is 35.0 Å². The van der Waals surface area contributed by atoms with Crippen molar-refractivity contribution in [2.24, 2.45) is 4.99 Å². The highest BCUT2D eigenvalue weighted by molar-refractivity contribution is 6.30. The van der Waals surface area contributed by atoms with Crippen molar-refractivity contribution in [3.63, 3.8) is 0 Å². The van der Waals surface area contributed by atoms with Crippen LogP contribution in [0.25, 0.3) is 0 Å². The number of amidine groups is 1. The van der Waals surface area contributed by atoms with Crippen LogP contribution in [-0.4, -0.2) is 64.6 Å². The molecule has 1 aliphatic rings. The molecule has 0 saturated carbocycles. The van der Waals surface area contributed by atoms with Crippen molar-refractivity contribution >= 4 is 35.1 Å². The second kappa shape index (κ2) is 13.1. The average molecular weight is 558 g/mol. The van der Waals surface area contributed by atoms with Gasteiger partial charge in [-0.2, -0.15) is 0 Å². The molecule has 1 aliphatic heterocycles. The topological polar surface area (TPSA) is 148 Å². The van der Waals surface area contributed by atoms with E-state index < -0.39 is 23.9 Å². The number of nitrogens with one attached hydrogen (secondary N) is 2. The number of aliphatic hydroxyl groups excluding tert-OH is 1. The van der Waals surface area contributed by atoms with E-state index in [1.54, 1.807) is 12.1 Å². The zero-order valence-corrected chi connectivity index (χ0v) is 23.2. The number of aromatic hydroxyl groups is 1. The van der Waals surface area contributed by atoms with E-state index >= 15 is 0 Å². The molecule has 0 aliphatic carbocycles. The third kappa shape index (κ3) is 8.80. The van der Waals surface area contributed by atoms with E-state index in [1.165, 1.54) is 12.1 Å². The number of phenolic OH excluding ortho intramolecular Hbond substituents is 1. The quantitative estimate of drug-likeness (QED) is 0.268. The Hall–Kier alpha value is -3.43. The fourth-order valence-electron chi connectivity index (χ4n) is 4.38. The zero-order chi connectivity index (χ0) is 28.7. The molecular formula is C29H36ClN3O6. The summed E-state index contributed by atoms with van der Waals surface area (Å²) in [4.78, 5) is 41.5. The predicted molar refractivity (Wildman–Crippen MR) is 150 cm³/mol. The molecule has 0 bridgehead atoms. The monoisotopic (exact) mass is 557 g/mol. The van der Waals surface area contributed by atoms with E-state index in [-0.39, 0.29) is 48.4 Å². The van der Waals surface area contributed by atoms with Crippen molar-refractivity contribution in [1.82, 2.24) is 10.6 Å². The van der Waals surface area contributed by atoms with Gasteiger partial charge in [0.1, 0.15) is 11.6 Å². The molecule has 0 radical (unpaired) electrons. The number of aliphatic carboxylic acids is 1. The number of aliphatic hydroxyl groups is 1. The molecule has 2 atom stereocenters. The molecule has 2 aromatic carbocycles. The molecule has 0 spiro atoms. The molecule has 39 heavy (non-hydrogen) atoms. The first-order valence-electron chi connectivity index (χ1n) is 13.0. The Bertz CT molecular complexity index is 1260. The number of rotatable bonds is 12. The minimum Gasteiger partial charge on any atom is -0.508 e. The van der Waals surface area contributed by atoms with Gasteiger partial charge in [0, 0.05) is 35.9 Å². The Morgan fingerprint density at radius 3 is 2.54 bits per heavy atom. The molecule has 2 aromatic rings. The lowest BCUT2D eigenvalue weighted by Crippen LogP contribution is -2.39. The second-order valence-electron chi connectivity index (χ2n) is 10.6. The van der Waals surface area contributed by atoms with Crippen LogP contribution in [0.1, 0.15) is 73.0 Å². The first-order valence-corrected chi connectivity index (χ1v) is 13.3. The molecule has 1 amide bonds. The second-order valence-corrected chi connectivity index (χ2v) is 11.1. The maximum Gasteiger partial charge on any atom is 0.303 e. The van der Waals surface area contributed by atoms with Gasteiger partial charge in [0.2, 0.25) is 0 Å². The Balaban J connectivity index is 1.68. The van der Waals surface area contributed by atoms with Crippen molar-refractivity contribution in [2.45, 2.75) is 63.9 Å². The third-order valence-electron chi connectivity index (χ3n) is 7.04. The molecule has 10 heteroatoms. The molecule has 210 valence electrons. The van der Waals surface area contributed by atoms with Crippen LogP contribution in [0.15, 0.2) is 41.4 Å². The fourth-order valence-corrected chi connectivity index (χ4v) is 4.62. The van der Waals surface area contributed by atoms with Gasteiger partial charge in [0.25, 0.3) is 5.91 Å². The van der Waals surface area contributed by atoms with Gasteiger partial charge < -0.3 is 26.0 Å². The third-order valence-corrected chi connectivity index (χ3v) is 7.26. The lowest BCUT2D eigenvalue weighted by molar-refractivity contribution is -0.137. The van der Waals surface area contributed by atoms with Crippen LogP contribution in [0.4, 0.5) is 0 Å². The maximum absolute atomic E-state index is 12.9. The Labute approximate surface area is 233 Å². The average Bonchev–Trinajstić information content (AvgIpc) is 2.87. The molecule has 9 nitrogen and oxygen atoms in total. The number of carboxylic acids is 1. The van der Waals surface area contributed by atoms with E-state index in [1.807, 2.05) is 12.1 Å². The lowest BCUT2D eigenvalue weighted by Gasteiger charge is -2.26. The summed E-state index contributed by atoms with van der Waals surface area (Å²) in [6.45, 7) is 6.58. The van der Waals surface area contributed by atoms with Crippen LogP contribution in [0.3, 0.4) is 0 Å². The van der Waals surface area contributed by atoms with Crippen LogP contribution in [0, 0.1) is 0 Å². The van der Waals surface area contributed by atoms with Crippen molar-refractivity contribution in [3.05, 3.63) is 63.7 Å². The number of carbonyl (C=O) groups is 3. The molecule has 1 heterocycles. The molecule has 0 saturated heterocycles. The minimum absolute atomic E-state index is 0.0818. The van der Waals surface area contributed by atoms with Crippen molar-refractivity contribution in [1.29, 1.82) is 0 Å². The van der Waals surface area contributed by atoms with Gasteiger partial charge in [0.15, 0.2) is 5.78 Å². The van der Waals surface area contributed by atoms with Crippen molar-refractivity contribution in [2.75, 3.05) is 19.6 Å². The van der Waals surface area contributed by atoms with Gasteiger partial charge >= 0.3 is 5.97 Å². The van der Waals surface area contributed by atoms with Gasteiger partial charge in [-0.3, -0.25) is 19.4 Å². The lowest BCUT2D eigenvalue weighted by atomic mass is 9.79. The summed E-state index contributed by atoms with van der Waals surface area (Å²) in [5, 5.41) is 35.2. The summed E-state index contributed by atoms with van der Waals surface area (Å²) >= 11 is 6.36. The summed E-state index contributed by atoms with van der Waals surface area (Å²) in [7, 11) is 0. The highest BCUT2D eigenvalue weighted by Gasteiger charge is 2.24. The summed E-state index contributed by atoms with van der Waals surface area (Å²) in [6, 6.07) is 9.89. The van der Waals surface area contributed by atoms with Crippen molar-refractivity contribution < 1.29 is 29.7 Å². The summed E-state index contributed by atoms with van der Waals surface area (Å²) in [5.74, 6) is -1.97. The number of hydrogen-bond donors (Lipinski definition) is 5. The minimum atomic E-state index is -1.04. The number of carbonyl (C=O) groups excluding carboxylic acids is 2. The molecule has 1 unspecified atom stereocenters. The number of ketones is 1. The number of nitrogens with zero attached hydrogens (tertiary/aromatic N) is 1. The first-order chi connectivity index (χ1) is 18.4. The van der Waals surface area contributed by atoms with Gasteiger partial charge in [-0.1, -0.05) is 38.4 Å². The largest absolute Gasteiger partial charge is 0.508 e. The van der Waals surface area contributed by atoms with E-state index in [9.17, 15) is 29.7 Å². The smallest absolute Gasteiger partial charge is 0.303 e. The number of aliphatic imine (C=N–C) groups is 1. The fraction of sp³-hybridized carbons (Fsp3) is 0.448. The summed E-state index contributed by atoms with van der Waals surface area (Å²) < 4.78 is 0. The summed E-state index contributed by atoms with van der Waals surface area (Å²) in [6.07, 6.45) is 0.314. The van der Waals surface area contributed by atoms with Gasteiger partial charge in [0.05, 0.1) is 25.6 Å². The molecule has 5 N–H and O–H groups in total. The number of β-amino-alcohol motifs (C(OH)–C–C–N with tert-alkyl or cyclic N) is 1. The van der Waals surface area contributed by atoms with Crippen LogP contribution in [0.5, 0.6) is 5.75 Å². The van der Waals surface area contributed by atoms with Crippen LogP contribution >= 0.6 is 11.6 Å². The maximum atomic E-state index is 12.9. The molecule has 3 rings (SSSR count). The molecular weight excluding hydrogens is 522 g/mol. The first kappa shape index (κ1) is 30.1. The van der Waals surface area contributed by atoms with Gasteiger partial charge in [-0.15, -0.1) is 0 Å². The molecule has 0 aromatic heterocycles. The van der Waals surface area contributed by atoms with Crippen LogP contribution in [-0.2, 0) is 21.4 Å². The summed E-state index contributed by atoms with van der Waals surface area (Å²) in [5.41, 5.74) is 2.28. The number of benzene rings is 2. The van der Waals surface area contributed by atoms with Crippen LogP contribution in [0.2, 0.25) is 5.02 Å². The Morgan fingerprint density at radius 1 is 1.15 bits per heavy atom. The van der Waals surface area contributed by atoms with E-state index in [4.69, 9.17) is 11.6 Å². The number of Topliss-reactive ketones (excluding diaryl/α,β-unsaturated/α-hetero) is 1. The van der Waals surface area contributed by atoms with Gasteiger partial charge in [-0.25, -0.2) is 0 Å². The Morgan fingerprint density at radius 2 is 1.90 bits per heavy atom. The van der Waals surface area contributed by atoms with Gasteiger partial charge in [-0.05, 0) is 58.9 Å². The number of halogens is 1. The number of phenols is 1. The zero-order valence-electron chi connectivity index (χ0n) is 22.5. The number of hydrogen-bond acceptors (Lipinski definition) is 7. The predicted octanol–water partition coefficient (Wildman–Crippen LogP) is 3.59. The van der Waals surface area contributed by atoms with Crippen LogP contribution < -0.4 is 10.6 Å². The van der Waals surface area contributed by atoms with E-state index in [2.05, 4.69) is 36.4 Å².